The zero-order valence-corrected chi connectivity index (χ0v) is 24.5. The van der Waals surface area contributed by atoms with Gasteiger partial charge in [-0.15, -0.1) is 0 Å². The van der Waals surface area contributed by atoms with Gasteiger partial charge in [-0.25, -0.2) is 23.4 Å². The molecule has 1 aliphatic carbocycles. The van der Waals surface area contributed by atoms with E-state index >= 15 is 0 Å². The van der Waals surface area contributed by atoms with Crippen molar-refractivity contribution >= 4 is 23.6 Å². The summed E-state index contributed by atoms with van der Waals surface area (Å²) >= 11 is 0. The number of imidazole rings is 1. The maximum absolute atomic E-state index is 14.0. The summed E-state index contributed by atoms with van der Waals surface area (Å²) in [7, 11) is 0. The zero-order chi connectivity index (χ0) is 33.0. The van der Waals surface area contributed by atoms with E-state index in [4.69, 9.17) is 14.6 Å². The highest BCUT2D eigenvalue weighted by Crippen LogP contribution is 2.39. The van der Waals surface area contributed by atoms with Crippen LogP contribution in [0, 0.1) is 18.6 Å². The van der Waals surface area contributed by atoms with Crippen LogP contribution in [0.1, 0.15) is 68.2 Å². The molecule has 10 nitrogen and oxygen atoms in total. The van der Waals surface area contributed by atoms with Gasteiger partial charge < -0.3 is 20.3 Å². The average molecular weight is 629 g/mol. The normalized spacial score (nSPS) is 14.5. The van der Waals surface area contributed by atoms with E-state index in [0.29, 0.717) is 24.2 Å². The highest BCUT2D eigenvalue weighted by molar-refractivity contribution is 5.95. The predicted octanol–water partition coefficient (Wildman–Crippen LogP) is 5.95. The number of carbonyl (C=O) groups excluding carboxylic acids is 1. The topological polar surface area (TPSA) is 133 Å². The Morgan fingerprint density at radius 2 is 1.61 bits per heavy atom. The molecule has 0 aliphatic heterocycles. The van der Waals surface area contributed by atoms with Crippen LogP contribution in [0.4, 0.5) is 26.7 Å². The third kappa shape index (κ3) is 7.55. The van der Waals surface area contributed by atoms with E-state index in [-0.39, 0.29) is 30.2 Å². The minimum atomic E-state index is -5.08. The second kappa shape index (κ2) is 13.1. The number of aromatic nitrogens is 2. The van der Waals surface area contributed by atoms with Crippen molar-refractivity contribution < 1.29 is 51.3 Å². The molecule has 0 saturated heterocycles. The van der Waals surface area contributed by atoms with Crippen LogP contribution >= 0.6 is 0 Å². The summed E-state index contributed by atoms with van der Waals surface area (Å²) in [6, 6.07) is 6.87. The molecule has 3 aromatic rings. The average Bonchev–Trinajstić information content (AvgIpc) is 3.50. The second-order valence-electron chi connectivity index (χ2n) is 11.3. The summed E-state index contributed by atoms with van der Waals surface area (Å²) < 4.78 is 67.1. The molecule has 0 unspecified atom stereocenters. The Hall–Kier alpha value is -4.43. The van der Waals surface area contributed by atoms with E-state index in [9.17, 15) is 36.6 Å². The summed E-state index contributed by atoms with van der Waals surface area (Å²) in [6.45, 7) is 7.08. The Balaban J connectivity index is 0.000000676. The first-order valence-corrected chi connectivity index (χ1v) is 13.5. The van der Waals surface area contributed by atoms with Crippen LogP contribution in [0.5, 0.6) is 5.75 Å². The summed E-state index contributed by atoms with van der Waals surface area (Å²) in [5.74, 6) is -4.30. The minimum Gasteiger partial charge on any atom is -0.485 e. The number of nitrogens with one attached hydrogen (secondary N) is 1. The summed E-state index contributed by atoms with van der Waals surface area (Å²) in [5.41, 5.74) is -0.481. The first-order valence-electron chi connectivity index (χ1n) is 13.5. The van der Waals surface area contributed by atoms with Crippen LogP contribution in [-0.2, 0) is 11.4 Å². The van der Waals surface area contributed by atoms with Crippen LogP contribution in [-0.4, -0.2) is 66.3 Å². The summed E-state index contributed by atoms with van der Waals surface area (Å²) in [4.78, 5) is 40.5. The monoisotopic (exact) mass is 628 g/mol. The number of benzene rings is 1. The quantitative estimate of drug-likeness (QED) is 0.275. The third-order valence-corrected chi connectivity index (χ3v) is 7.13. The number of hydrogen-bond donors (Lipinski definition) is 3. The Kier molecular flexibility index (Phi) is 10.1. The third-order valence-electron chi connectivity index (χ3n) is 7.13. The highest BCUT2D eigenvalue weighted by atomic mass is 19.4. The molecule has 15 heteroatoms. The molecule has 4 rings (SSSR count). The standard InChI is InChI=1S/C27H32F2N4O4.C2HF3O2/c1-17-22(24(34)30-16-27(12-5-6-13-27)33(25(35)36)26(2,3)4)32-14-8-11-21(23(32)31-17)37-15-18-19(28)9-7-10-20(18)29;3-2(4,5)1(6)7/h7-11,14H,5-6,12-13,15-16H2,1-4H3,(H,30,34)(H,35,36);(H,6,7). The Bertz CT molecular complexity index is 1510. The number of carboxylic acid groups (broad SMARTS) is 2. The van der Waals surface area contributed by atoms with Gasteiger partial charge in [0, 0.05) is 18.3 Å². The highest BCUT2D eigenvalue weighted by Gasteiger charge is 2.47. The predicted molar refractivity (Wildman–Crippen MR) is 147 cm³/mol. The number of hydrogen-bond acceptors (Lipinski definition) is 5. The molecule has 0 spiro atoms. The first-order chi connectivity index (χ1) is 20.4. The number of fused-ring (bicyclic) bond motifs is 1. The number of pyridine rings is 1. The van der Waals surface area contributed by atoms with Gasteiger partial charge in [-0.2, -0.15) is 13.2 Å². The van der Waals surface area contributed by atoms with Gasteiger partial charge in [0.15, 0.2) is 11.4 Å². The van der Waals surface area contributed by atoms with E-state index in [2.05, 4.69) is 10.3 Å². The Labute approximate surface area is 249 Å². The smallest absolute Gasteiger partial charge is 0.485 e. The van der Waals surface area contributed by atoms with Crippen LogP contribution in [0.25, 0.3) is 5.65 Å². The van der Waals surface area contributed by atoms with Crippen molar-refractivity contribution in [3.8, 4) is 5.75 Å². The summed E-state index contributed by atoms with van der Waals surface area (Å²) in [5, 5.41) is 20.1. The number of carboxylic acids is 1. The van der Waals surface area contributed by atoms with Gasteiger partial charge in [0.05, 0.1) is 16.8 Å². The van der Waals surface area contributed by atoms with E-state index in [1.54, 1.807) is 29.7 Å². The SMILES string of the molecule is Cc1nc2c(OCc3c(F)cccc3F)cccn2c1C(=O)NCC1(N(C(=O)O)C(C)(C)C)CCCC1.O=C(O)C(F)(F)F. The molecular weight excluding hydrogens is 595 g/mol. The molecule has 0 bridgehead atoms. The Morgan fingerprint density at radius 1 is 1.05 bits per heavy atom. The number of halogens is 5. The van der Waals surface area contributed by atoms with Crippen LogP contribution in [0.2, 0.25) is 0 Å². The van der Waals surface area contributed by atoms with Gasteiger partial charge in [-0.1, -0.05) is 18.9 Å². The number of alkyl halides is 3. The van der Waals surface area contributed by atoms with Crippen LogP contribution in [0.3, 0.4) is 0 Å². The molecule has 2 aromatic heterocycles. The maximum Gasteiger partial charge on any atom is 0.490 e. The molecule has 0 radical (unpaired) electrons. The van der Waals surface area contributed by atoms with E-state index in [1.807, 2.05) is 20.8 Å². The second-order valence-corrected chi connectivity index (χ2v) is 11.3. The van der Waals surface area contributed by atoms with Crippen molar-refractivity contribution in [3.05, 3.63) is 65.1 Å². The molecule has 2 amide bonds. The van der Waals surface area contributed by atoms with Crippen molar-refractivity contribution in [2.24, 2.45) is 0 Å². The Morgan fingerprint density at radius 3 is 2.11 bits per heavy atom. The van der Waals surface area contributed by atoms with Gasteiger partial charge in [-0.05, 0) is 64.8 Å². The first kappa shape index (κ1) is 34.1. The maximum atomic E-state index is 14.0. The van der Waals surface area contributed by atoms with E-state index in [1.165, 1.54) is 11.0 Å². The fraction of sp³-hybridized carbons (Fsp3) is 0.448. The number of ether oxygens (including phenoxy) is 1. The van der Waals surface area contributed by atoms with Gasteiger partial charge in [-0.3, -0.25) is 14.1 Å². The molecule has 3 N–H and O–H groups in total. The van der Waals surface area contributed by atoms with Crippen LogP contribution < -0.4 is 10.1 Å². The van der Waals surface area contributed by atoms with Gasteiger partial charge in [0.2, 0.25) is 0 Å². The number of amides is 2. The fourth-order valence-electron chi connectivity index (χ4n) is 5.40. The van der Waals surface area contributed by atoms with Gasteiger partial charge in [0.1, 0.15) is 23.9 Å². The molecular formula is C29H33F5N4O6. The van der Waals surface area contributed by atoms with Crippen molar-refractivity contribution in [1.29, 1.82) is 0 Å². The molecule has 1 fully saturated rings. The van der Waals surface area contributed by atoms with E-state index in [0.717, 1.165) is 25.0 Å². The number of rotatable bonds is 7. The molecule has 240 valence electrons. The van der Waals surface area contributed by atoms with Crippen molar-refractivity contribution in [2.75, 3.05) is 6.54 Å². The molecule has 44 heavy (non-hydrogen) atoms. The van der Waals surface area contributed by atoms with E-state index < -0.39 is 46.9 Å². The lowest BCUT2D eigenvalue weighted by atomic mass is 9.89. The van der Waals surface area contributed by atoms with Gasteiger partial charge >= 0.3 is 18.2 Å². The lowest BCUT2D eigenvalue weighted by Crippen LogP contribution is -2.62. The van der Waals surface area contributed by atoms with Gasteiger partial charge in [0.25, 0.3) is 5.91 Å². The summed E-state index contributed by atoms with van der Waals surface area (Å²) in [6.07, 6.45) is -1.35. The minimum absolute atomic E-state index is 0.171. The largest absolute Gasteiger partial charge is 0.490 e. The molecule has 1 aliphatic rings. The lowest BCUT2D eigenvalue weighted by molar-refractivity contribution is -0.192. The molecule has 2 heterocycles. The zero-order valence-electron chi connectivity index (χ0n) is 24.5. The number of nitrogens with zero attached hydrogens (tertiary/aromatic N) is 3. The van der Waals surface area contributed by atoms with Crippen molar-refractivity contribution in [2.45, 2.75) is 77.2 Å². The molecule has 0 atom stereocenters. The lowest BCUT2D eigenvalue weighted by Gasteiger charge is -2.47. The fourth-order valence-corrected chi connectivity index (χ4v) is 5.40. The molecule has 1 aromatic carbocycles. The van der Waals surface area contributed by atoms with Crippen molar-refractivity contribution in [1.82, 2.24) is 19.6 Å². The van der Waals surface area contributed by atoms with Crippen LogP contribution in [0.15, 0.2) is 36.5 Å². The number of aliphatic carboxylic acids is 1. The number of carbonyl (C=O) groups is 3. The molecule has 1 saturated carbocycles. The van der Waals surface area contributed by atoms with Crippen molar-refractivity contribution in [3.63, 3.8) is 0 Å². The number of aryl methyl sites for hydroxylation is 1.